The van der Waals surface area contributed by atoms with Crippen LogP contribution >= 0.6 is 0 Å². The zero-order valence-corrected chi connectivity index (χ0v) is 14.5. The Hall–Kier alpha value is -2.43. The molecule has 25 heavy (non-hydrogen) atoms. The maximum Gasteiger partial charge on any atom is 0.416 e. The van der Waals surface area contributed by atoms with Gasteiger partial charge < -0.3 is 15.4 Å². The third-order valence-electron chi connectivity index (χ3n) is 3.30. The highest BCUT2D eigenvalue weighted by Crippen LogP contribution is 2.34. The summed E-state index contributed by atoms with van der Waals surface area (Å²) in [6, 6.07) is 5.22. The van der Waals surface area contributed by atoms with Gasteiger partial charge in [0.15, 0.2) is 0 Å². The van der Waals surface area contributed by atoms with E-state index >= 15 is 0 Å². The van der Waals surface area contributed by atoms with Crippen LogP contribution in [0.25, 0.3) is 0 Å². The van der Waals surface area contributed by atoms with Crippen LogP contribution in [0.5, 0.6) is 0 Å². The number of nitriles is 1. The molecule has 1 aliphatic heterocycles. The van der Waals surface area contributed by atoms with Gasteiger partial charge in [-0.05, 0) is 51.8 Å². The van der Waals surface area contributed by atoms with E-state index in [2.05, 4.69) is 4.74 Å². The number of primary amides is 1. The van der Waals surface area contributed by atoms with Crippen LogP contribution in [0.2, 0.25) is 0 Å². The van der Waals surface area contributed by atoms with Crippen molar-refractivity contribution in [2.24, 2.45) is 5.73 Å². The first-order chi connectivity index (χ1) is 11.4. The molecule has 2 rings (SSSR count). The molecule has 1 aromatic rings. The lowest BCUT2D eigenvalue weighted by Crippen LogP contribution is -2.27. The minimum Gasteiger partial charge on any atom is -0.444 e. The molecule has 1 heterocycles. The van der Waals surface area contributed by atoms with Crippen LogP contribution < -0.4 is 10.6 Å². The van der Waals surface area contributed by atoms with Crippen LogP contribution in [0, 0.1) is 11.3 Å². The molecule has 5 nitrogen and oxygen atoms in total. The second-order valence-electron chi connectivity index (χ2n) is 6.57. The number of benzene rings is 1. The van der Waals surface area contributed by atoms with Crippen molar-refractivity contribution in [1.82, 2.24) is 0 Å². The molecular formula is C17H22F3N3O2. The van der Waals surface area contributed by atoms with Gasteiger partial charge in [-0.15, -0.1) is 0 Å². The summed E-state index contributed by atoms with van der Waals surface area (Å²) in [5, 5.41) is 8.91. The minimum atomic E-state index is -4.36. The van der Waals surface area contributed by atoms with E-state index in [1.165, 1.54) is 6.07 Å². The number of ether oxygens (including phenoxy) is 1. The highest BCUT2D eigenvalue weighted by molar-refractivity contribution is 5.65. The third kappa shape index (κ3) is 6.91. The van der Waals surface area contributed by atoms with Crippen LogP contribution in [-0.2, 0) is 10.9 Å². The average molecular weight is 357 g/mol. The van der Waals surface area contributed by atoms with E-state index in [4.69, 9.17) is 11.0 Å². The Morgan fingerprint density at radius 1 is 1.24 bits per heavy atom. The largest absolute Gasteiger partial charge is 0.444 e. The highest BCUT2D eigenvalue weighted by Gasteiger charge is 2.31. The predicted molar refractivity (Wildman–Crippen MR) is 88.0 cm³/mol. The maximum atomic E-state index is 12.6. The molecule has 138 valence electrons. The van der Waals surface area contributed by atoms with Crippen molar-refractivity contribution in [2.75, 3.05) is 18.0 Å². The molecule has 1 amide bonds. The summed E-state index contributed by atoms with van der Waals surface area (Å²) < 4.78 is 42.3. The number of amides is 1. The van der Waals surface area contributed by atoms with Crippen LogP contribution in [-0.4, -0.2) is 24.8 Å². The molecule has 1 aliphatic rings. The van der Waals surface area contributed by atoms with Gasteiger partial charge in [-0.25, -0.2) is 4.79 Å². The van der Waals surface area contributed by atoms with Crippen molar-refractivity contribution in [3.63, 3.8) is 0 Å². The first-order valence-corrected chi connectivity index (χ1v) is 7.79. The first kappa shape index (κ1) is 20.6. The Bertz CT molecular complexity index is 640. The number of carbonyl (C=O) groups is 1. The number of halogens is 3. The number of anilines is 1. The van der Waals surface area contributed by atoms with Crippen molar-refractivity contribution in [2.45, 2.75) is 45.4 Å². The lowest BCUT2D eigenvalue weighted by atomic mass is 10.1. The molecule has 0 aliphatic carbocycles. The average Bonchev–Trinajstić information content (AvgIpc) is 2.97. The molecule has 1 aromatic carbocycles. The van der Waals surface area contributed by atoms with Gasteiger partial charge in [-0.1, -0.05) is 0 Å². The summed E-state index contributed by atoms with van der Waals surface area (Å²) >= 11 is 0. The molecule has 0 spiro atoms. The van der Waals surface area contributed by atoms with Crippen LogP contribution in [0.1, 0.15) is 44.7 Å². The van der Waals surface area contributed by atoms with Crippen LogP contribution in [0.15, 0.2) is 18.2 Å². The van der Waals surface area contributed by atoms with Crippen molar-refractivity contribution in [3.05, 3.63) is 29.3 Å². The number of rotatable bonds is 1. The molecule has 0 saturated carbocycles. The zero-order chi connectivity index (χ0) is 19.3. The van der Waals surface area contributed by atoms with E-state index < -0.39 is 23.4 Å². The van der Waals surface area contributed by atoms with Crippen molar-refractivity contribution < 1.29 is 22.7 Å². The molecule has 0 atom stereocenters. The van der Waals surface area contributed by atoms with Gasteiger partial charge in [0.05, 0.1) is 16.8 Å². The van der Waals surface area contributed by atoms with Gasteiger partial charge >= 0.3 is 12.3 Å². The van der Waals surface area contributed by atoms with Gasteiger partial charge in [0.2, 0.25) is 0 Å². The smallest absolute Gasteiger partial charge is 0.416 e. The summed E-state index contributed by atoms with van der Waals surface area (Å²) in [6.45, 7) is 6.72. The first-order valence-electron chi connectivity index (χ1n) is 7.79. The summed E-state index contributed by atoms with van der Waals surface area (Å²) in [6.07, 6.45) is -3.16. The number of hydrogen-bond donors (Lipinski definition) is 1. The Balaban J connectivity index is 0.000000333. The van der Waals surface area contributed by atoms with E-state index in [1.807, 2.05) is 11.0 Å². The molecular weight excluding hydrogens is 335 g/mol. The maximum absolute atomic E-state index is 12.6. The fourth-order valence-electron chi connectivity index (χ4n) is 2.32. The third-order valence-corrected chi connectivity index (χ3v) is 3.30. The molecule has 0 aromatic heterocycles. The van der Waals surface area contributed by atoms with E-state index in [-0.39, 0.29) is 0 Å². The van der Waals surface area contributed by atoms with Crippen molar-refractivity contribution >= 4 is 11.8 Å². The standard InChI is InChI=1S/C12H11F3N2.C5H11NO2/c13-12(14,15)10-4-3-9(8-16)11(7-10)17-5-1-2-6-17;1-5(2,3)8-4(6)7/h3-4,7H,1-2,5-6H2;1-3H3,(H2,6,7). The highest BCUT2D eigenvalue weighted by atomic mass is 19.4. The Kier molecular flexibility index (Phi) is 6.68. The number of carbonyl (C=O) groups excluding carboxylic acids is 1. The minimum absolute atomic E-state index is 0.305. The molecule has 0 unspecified atom stereocenters. The second-order valence-corrected chi connectivity index (χ2v) is 6.57. The lowest BCUT2D eigenvalue weighted by Gasteiger charge is -2.20. The van der Waals surface area contributed by atoms with Crippen LogP contribution in [0.4, 0.5) is 23.7 Å². The quantitative estimate of drug-likeness (QED) is 0.822. The lowest BCUT2D eigenvalue weighted by molar-refractivity contribution is -0.137. The number of nitrogens with two attached hydrogens (primary N) is 1. The van der Waals surface area contributed by atoms with Crippen molar-refractivity contribution in [1.29, 1.82) is 5.26 Å². The number of nitrogens with zero attached hydrogens (tertiary/aromatic N) is 2. The van der Waals surface area contributed by atoms with E-state index in [0.29, 0.717) is 11.3 Å². The molecule has 0 bridgehead atoms. The van der Waals surface area contributed by atoms with E-state index in [1.54, 1.807) is 20.8 Å². The topological polar surface area (TPSA) is 79.3 Å². The Labute approximate surface area is 145 Å². The number of hydrogen-bond acceptors (Lipinski definition) is 4. The molecule has 1 fully saturated rings. The number of alkyl halides is 3. The van der Waals surface area contributed by atoms with E-state index in [0.717, 1.165) is 38.1 Å². The predicted octanol–water partition coefficient (Wildman–Crippen LogP) is 4.06. The van der Waals surface area contributed by atoms with Crippen LogP contribution in [0.3, 0.4) is 0 Å². The molecule has 1 saturated heterocycles. The molecule has 2 N–H and O–H groups in total. The normalized spacial score (nSPS) is 14.4. The fraction of sp³-hybridized carbons (Fsp3) is 0.529. The molecule has 0 radical (unpaired) electrons. The monoisotopic (exact) mass is 357 g/mol. The Morgan fingerprint density at radius 2 is 1.80 bits per heavy atom. The molecule has 8 heteroatoms. The Morgan fingerprint density at radius 3 is 2.16 bits per heavy atom. The van der Waals surface area contributed by atoms with Gasteiger partial charge in [0.1, 0.15) is 11.7 Å². The summed E-state index contributed by atoms with van der Waals surface area (Å²) in [5.41, 5.74) is 4.28. The van der Waals surface area contributed by atoms with Gasteiger partial charge in [0, 0.05) is 13.1 Å². The van der Waals surface area contributed by atoms with Gasteiger partial charge in [0.25, 0.3) is 0 Å². The second kappa shape index (κ2) is 8.10. The summed E-state index contributed by atoms with van der Waals surface area (Å²) in [7, 11) is 0. The van der Waals surface area contributed by atoms with Crippen molar-refractivity contribution in [3.8, 4) is 6.07 Å². The van der Waals surface area contributed by atoms with Gasteiger partial charge in [-0.3, -0.25) is 0 Å². The van der Waals surface area contributed by atoms with Gasteiger partial charge in [-0.2, -0.15) is 18.4 Å². The summed E-state index contributed by atoms with van der Waals surface area (Å²) in [5.74, 6) is 0. The summed E-state index contributed by atoms with van der Waals surface area (Å²) in [4.78, 5) is 11.9. The zero-order valence-electron chi connectivity index (χ0n) is 14.5. The van der Waals surface area contributed by atoms with E-state index in [9.17, 15) is 18.0 Å². The fourth-order valence-corrected chi connectivity index (χ4v) is 2.32. The SMILES string of the molecule is CC(C)(C)OC(N)=O.N#Cc1ccc(C(F)(F)F)cc1N1CCCC1.